The minimum absolute atomic E-state index is 0.0553. The Hall–Kier alpha value is -2.68. The highest BCUT2D eigenvalue weighted by atomic mass is 32.2. The molecule has 1 atom stereocenters. The number of esters is 1. The van der Waals surface area contributed by atoms with Crippen molar-refractivity contribution in [2.24, 2.45) is 0 Å². The molecule has 0 aromatic heterocycles. The van der Waals surface area contributed by atoms with Crippen molar-refractivity contribution in [1.29, 1.82) is 0 Å². The SMILES string of the molecule is CCN(CC(=O)N[C@@H]1CCS(=O)(=O)C1)C(=O)/C=C/c1ccc(C(=O)OC)cc1. The second kappa shape index (κ2) is 9.50. The Balaban J connectivity index is 1.90. The fraction of sp³-hybridized carbons (Fsp3) is 0.421. The highest BCUT2D eigenvalue weighted by molar-refractivity contribution is 7.91. The standard InChI is InChI=1S/C19H24N2O6S/c1-3-21(12-17(22)20-16-10-11-28(25,26)13-16)18(23)9-6-14-4-7-15(8-5-14)19(24)27-2/h4-9,16H,3,10-13H2,1-2H3,(H,20,22)/b9-6+/t16-/m1/s1. The second-order valence-corrected chi connectivity index (χ2v) is 8.70. The number of carbonyl (C=O) groups is 3. The van der Waals surface area contributed by atoms with Crippen LogP contribution in [-0.2, 0) is 24.2 Å². The summed E-state index contributed by atoms with van der Waals surface area (Å²) in [5.41, 5.74) is 1.13. The number of ether oxygens (including phenoxy) is 1. The second-order valence-electron chi connectivity index (χ2n) is 6.47. The van der Waals surface area contributed by atoms with Crippen LogP contribution in [0.2, 0.25) is 0 Å². The monoisotopic (exact) mass is 408 g/mol. The van der Waals surface area contributed by atoms with Crippen molar-refractivity contribution >= 4 is 33.7 Å². The van der Waals surface area contributed by atoms with Crippen molar-refractivity contribution in [3.63, 3.8) is 0 Å². The number of hydrogen-bond acceptors (Lipinski definition) is 6. The Bertz CT molecular complexity index is 861. The molecule has 0 saturated carbocycles. The van der Waals surface area contributed by atoms with E-state index >= 15 is 0 Å². The first kappa shape index (κ1) is 21.6. The zero-order valence-electron chi connectivity index (χ0n) is 15.9. The Morgan fingerprint density at radius 2 is 1.93 bits per heavy atom. The van der Waals surface area contributed by atoms with E-state index in [1.807, 2.05) is 0 Å². The molecule has 1 fully saturated rings. The van der Waals surface area contributed by atoms with E-state index in [0.29, 0.717) is 18.5 Å². The van der Waals surface area contributed by atoms with Crippen molar-refractivity contribution in [3.8, 4) is 0 Å². The molecule has 152 valence electrons. The van der Waals surface area contributed by atoms with Gasteiger partial charge in [0.25, 0.3) is 0 Å². The van der Waals surface area contributed by atoms with Crippen LogP contribution in [0.5, 0.6) is 0 Å². The third-order valence-corrected chi connectivity index (χ3v) is 6.14. The lowest BCUT2D eigenvalue weighted by molar-refractivity contribution is -0.132. The zero-order valence-corrected chi connectivity index (χ0v) is 16.7. The highest BCUT2D eigenvalue weighted by Crippen LogP contribution is 2.11. The summed E-state index contributed by atoms with van der Waals surface area (Å²) in [6, 6.07) is 6.15. The van der Waals surface area contributed by atoms with E-state index in [0.717, 1.165) is 5.56 Å². The molecule has 9 heteroatoms. The van der Waals surface area contributed by atoms with Gasteiger partial charge in [0, 0.05) is 18.7 Å². The summed E-state index contributed by atoms with van der Waals surface area (Å²) >= 11 is 0. The van der Waals surface area contributed by atoms with Crippen LogP contribution >= 0.6 is 0 Å². The van der Waals surface area contributed by atoms with Gasteiger partial charge in [0.05, 0.1) is 30.7 Å². The summed E-state index contributed by atoms with van der Waals surface area (Å²) in [5.74, 6) is -1.14. The normalized spacial score (nSPS) is 18.0. The van der Waals surface area contributed by atoms with E-state index in [9.17, 15) is 22.8 Å². The van der Waals surface area contributed by atoms with Crippen molar-refractivity contribution in [3.05, 3.63) is 41.5 Å². The number of amides is 2. The number of carbonyl (C=O) groups excluding carboxylic acids is 3. The summed E-state index contributed by atoms with van der Waals surface area (Å²) < 4.78 is 27.5. The van der Waals surface area contributed by atoms with Gasteiger partial charge in [-0.3, -0.25) is 9.59 Å². The molecule has 1 aliphatic rings. The maximum Gasteiger partial charge on any atom is 0.337 e. The first-order valence-corrected chi connectivity index (χ1v) is 10.7. The van der Waals surface area contributed by atoms with Gasteiger partial charge >= 0.3 is 5.97 Å². The lowest BCUT2D eigenvalue weighted by Crippen LogP contribution is -2.44. The first-order valence-electron chi connectivity index (χ1n) is 8.89. The van der Waals surface area contributed by atoms with Gasteiger partial charge in [0.2, 0.25) is 11.8 Å². The lowest BCUT2D eigenvalue weighted by Gasteiger charge is -2.20. The van der Waals surface area contributed by atoms with E-state index in [-0.39, 0.29) is 29.9 Å². The minimum Gasteiger partial charge on any atom is -0.465 e. The Morgan fingerprint density at radius 1 is 1.25 bits per heavy atom. The maximum atomic E-state index is 12.3. The number of nitrogens with one attached hydrogen (secondary N) is 1. The lowest BCUT2D eigenvalue weighted by atomic mass is 10.1. The fourth-order valence-corrected chi connectivity index (χ4v) is 4.50. The van der Waals surface area contributed by atoms with E-state index in [4.69, 9.17) is 0 Å². The molecule has 2 amide bonds. The maximum absolute atomic E-state index is 12.3. The predicted molar refractivity (Wildman–Crippen MR) is 104 cm³/mol. The number of hydrogen-bond donors (Lipinski definition) is 1. The van der Waals surface area contributed by atoms with Gasteiger partial charge in [-0.1, -0.05) is 12.1 Å². The molecule has 1 aliphatic heterocycles. The van der Waals surface area contributed by atoms with Gasteiger partial charge in [-0.25, -0.2) is 13.2 Å². The Kier molecular flexibility index (Phi) is 7.33. The van der Waals surface area contributed by atoms with Crippen LogP contribution in [0.3, 0.4) is 0 Å². The minimum atomic E-state index is -3.08. The third-order valence-electron chi connectivity index (χ3n) is 4.38. The number of methoxy groups -OCH3 is 1. The fourth-order valence-electron chi connectivity index (χ4n) is 2.82. The van der Waals surface area contributed by atoms with Crippen LogP contribution in [0.4, 0.5) is 0 Å². The quantitative estimate of drug-likeness (QED) is 0.524. The average Bonchev–Trinajstić information content (AvgIpc) is 3.02. The number of nitrogens with zero attached hydrogens (tertiary/aromatic N) is 1. The summed E-state index contributed by atoms with van der Waals surface area (Å²) in [7, 11) is -1.77. The van der Waals surface area contributed by atoms with Crippen molar-refractivity contribution < 1.29 is 27.5 Å². The molecular formula is C19H24N2O6S. The van der Waals surface area contributed by atoms with Gasteiger partial charge in [-0.05, 0) is 37.1 Å². The Labute approximate surface area is 164 Å². The number of sulfone groups is 1. The van der Waals surface area contributed by atoms with E-state index in [1.54, 1.807) is 37.3 Å². The predicted octanol–water partition coefficient (Wildman–Crippen LogP) is 0.638. The first-order chi connectivity index (χ1) is 13.2. The summed E-state index contributed by atoms with van der Waals surface area (Å²) in [6.07, 6.45) is 3.34. The van der Waals surface area contributed by atoms with E-state index in [1.165, 1.54) is 18.1 Å². The van der Waals surface area contributed by atoms with Gasteiger partial charge in [-0.2, -0.15) is 0 Å². The van der Waals surface area contributed by atoms with Crippen LogP contribution in [-0.4, -0.2) is 68.8 Å². The molecule has 8 nitrogen and oxygen atoms in total. The van der Waals surface area contributed by atoms with Gasteiger partial charge < -0.3 is 15.0 Å². The van der Waals surface area contributed by atoms with E-state index in [2.05, 4.69) is 10.1 Å². The summed E-state index contributed by atoms with van der Waals surface area (Å²) in [6.45, 7) is 1.95. The average molecular weight is 408 g/mol. The summed E-state index contributed by atoms with van der Waals surface area (Å²) in [4.78, 5) is 37.2. The van der Waals surface area contributed by atoms with Crippen molar-refractivity contribution in [2.45, 2.75) is 19.4 Å². The molecule has 28 heavy (non-hydrogen) atoms. The largest absolute Gasteiger partial charge is 0.465 e. The molecule has 1 saturated heterocycles. The smallest absolute Gasteiger partial charge is 0.337 e. The molecule has 1 heterocycles. The molecule has 0 spiro atoms. The molecular weight excluding hydrogens is 384 g/mol. The summed E-state index contributed by atoms with van der Waals surface area (Å²) in [5, 5.41) is 2.67. The van der Waals surface area contributed by atoms with Gasteiger partial charge in [0.1, 0.15) is 0 Å². The molecule has 2 rings (SSSR count). The van der Waals surface area contributed by atoms with Crippen LogP contribution in [0.25, 0.3) is 6.08 Å². The topological polar surface area (TPSA) is 110 Å². The van der Waals surface area contributed by atoms with Crippen LogP contribution in [0.15, 0.2) is 30.3 Å². The van der Waals surface area contributed by atoms with Crippen molar-refractivity contribution in [1.82, 2.24) is 10.2 Å². The van der Waals surface area contributed by atoms with Crippen molar-refractivity contribution in [2.75, 3.05) is 31.7 Å². The van der Waals surface area contributed by atoms with E-state index < -0.39 is 21.8 Å². The van der Waals surface area contributed by atoms with Gasteiger partial charge in [0.15, 0.2) is 9.84 Å². The Morgan fingerprint density at radius 3 is 2.46 bits per heavy atom. The molecule has 0 unspecified atom stereocenters. The molecule has 0 radical (unpaired) electrons. The molecule has 1 N–H and O–H groups in total. The third kappa shape index (κ3) is 6.19. The number of rotatable bonds is 7. The van der Waals surface area contributed by atoms with Crippen LogP contribution < -0.4 is 5.32 Å². The van der Waals surface area contributed by atoms with Gasteiger partial charge in [-0.15, -0.1) is 0 Å². The molecule has 1 aromatic rings. The number of likely N-dealkylation sites (N-methyl/N-ethyl adjacent to an activating group) is 1. The van der Waals surface area contributed by atoms with Crippen LogP contribution in [0, 0.1) is 0 Å². The highest BCUT2D eigenvalue weighted by Gasteiger charge is 2.29. The van der Waals surface area contributed by atoms with Crippen LogP contribution in [0.1, 0.15) is 29.3 Å². The molecule has 0 aliphatic carbocycles. The molecule has 1 aromatic carbocycles. The zero-order chi connectivity index (χ0) is 20.7. The molecule has 0 bridgehead atoms. The number of benzene rings is 1.